The number of carbonyl (C=O) groups excluding carboxylic acids is 2. The number of unbranched alkanes of at least 4 members (excludes halogenated alkanes) is 1. The molecule has 21 nitrogen and oxygen atoms in total. The summed E-state index contributed by atoms with van der Waals surface area (Å²) in [7, 11) is 0. The van der Waals surface area contributed by atoms with E-state index in [0.717, 1.165) is 24.0 Å². The van der Waals surface area contributed by atoms with Gasteiger partial charge in [0.1, 0.15) is 30.5 Å². The van der Waals surface area contributed by atoms with E-state index in [1.54, 1.807) is 0 Å². The molecule has 1 heterocycles. The first-order valence-corrected chi connectivity index (χ1v) is 18.4. The van der Waals surface area contributed by atoms with Crippen molar-refractivity contribution in [3.63, 3.8) is 0 Å². The van der Waals surface area contributed by atoms with Crippen molar-refractivity contribution in [2.75, 3.05) is 57.4 Å². The standard InChI is InChI=1S/C34H57ClN10O11/c35-29-31(37)43-30(36)25(42-29)33(56)44-34(39)41-11-2-1-4-18-5-7-19(8-6-18)9-10-20(32(38)55)40-12-3-13-45(14-21(48)26(52)23(50)16-46)15-22(49)27(53)28(54)24(51)17-47/h5-8,20-24,26-28,40,46-54H,1-4,9-17H2,(H2,38,55)(H4,36,37,43)(H3,39,41,44,56)/t20?,21-,22-,23+,24+,26+,27+,28+/m0/s1. The Kier molecular flexibility index (Phi) is 21.3. The van der Waals surface area contributed by atoms with Gasteiger partial charge >= 0.3 is 0 Å². The number of aromatic nitrogens is 2. The van der Waals surface area contributed by atoms with Crippen molar-refractivity contribution in [2.45, 2.75) is 87.3 Å². The smallest absolute Gasteiger partial charge is 0.280 e. The third-order valence-corrected chi connectivity index (χ3v) is 9.15. The monoisotopic (exact) mass is 816 g/mol. The minimum atomic E-state index is -1.88. The van der Waals surface area contributed by atoms with Gasteiger partial charge in [-0.05, 0) is 62.7 Å². The molecule has 0 spiro atoms. The molecule has 0 aliphatic heterocycles. The number of aliphatic hydroxyl groups is 9. The van der Waals surface area contributed by atoms with Gasteiger partial charge in [0, 0.05) is 19.6 Å². The maximum absolute atomic E-state index is 12.3. The Morgan fingerprint density at radius 2 is 1.32 bits per heavy atom. The van der Waals surface area contributed by atoms with E-state index in [1.807, 2.05) is 24.3 Å². The zero-order valence-electron chi connectivity index (χ0n) is 30.9. The normalized spacial score (nSPS) is 16.0. The number of hydrogen-bond donors (Lipinski definition) is 16. The van der Waals surface area contributed by atoms with Crippen molar-refractivity contribution < 1.29 is 55.5 Å². The van der Waals surface area contributed by atoms with Crippen LogP contribution in [0.2, 0.25) is 5.15 Å². The first-order chi connectivity index (χ1) is 26.5. The molecule has 0 saturated carbocycles. The van der Waals surface area contributed by atoms with Crippen molar-refractivity contribution >= 4 is 41.0 Å². The van der Waals surface area contributed by atoms with Crippen LogP contribution in [0, 0.1) is 5.41 Å². The van der Waals surface area contributed by atoms with Gasteiger partial charge in [-0.1, -0.05) is 35.9 Å². The van der Waals surface area contributed by atoms with E-state index in [-0.39, 0.29) is 54.6 Å². The van der Waals surface area contributed by atoms with Gasteiger partial charge in [0.15, 0.2) is 28.4 Å². The molecule has 1 unspecified atom stereocenters. The molecule has 0 aliphatic carbocycles. The number of guanidine groups is 1. The summed E-state index contributed by atoms with van der Waals surface area (Å²) in [6.07, 6.45) is -8.57. The Morgan fingerprint density at radius 1 is 0.768 bits per heavy atom. The number of aryl methyl sites for hydroxylation is 2. The van der Waals surface area contributed by atoms with E-state index >= 15 is 0 Å². The lowest BCUT2D eigenvalue weighted by atomic mass is 10.0. The molecular formula is C34H57ClN10O11. The number of nitrogens with one attached hydrogen (secondary N) is 4. The SMILES string of the molecule is N=C(NCCCCc1ccc(CCC(NCCCN(C[C@H](O)[C@@H](O)[C@H](O)[C@H](O)CO)C[C@H](O)[C@@H](O)[C@H](O)CO)C(N)=O)cc1)NC(=O)c1nc(Cl)c(N)nc1N. The Balaban J connectivity index is 1.80. The van der Waals surface area contributed by atoms with Crippen LogP contribution in [0.15, 0.2) is 24.3 Å². The van der Waals surface area contributed by atoms with E-state index in [4.69, 9.17) is 44.4 Å². The number of nitrogen functional groups attached to an aromatic ring is 2. The van der Waals surface area contributed by atoms with Crippen LogP contribution < -0.4 is 33.2 Å². The van der Waals surface area contributed by atoms with Gasteiger partial charge in [0.05, 0.1) is 31.5 Å². The maximum Gasteiger partial charge on any atom is 0.280 e. The predicted molar refractivity (Wildman–Crippen MR) is 205 cm³/mol. The summed E-state index contributed by atoms with van der Waals surface area (Å²) >= 11 is 5.80. The van der Waals surface area contributed by atoms with Crippen molar-refractivity contribution in [1.82, 2.24) is 30.8 Å². The Hall–Kier alpha value is -3.84. The summed E-state index contributed by atoms with van der Waals surface area (Å²) in [5, 5.41) is 105. The van der Waals surface area contributed by atoms with Gasteiger partial charge in [-0.25, -0.2) is 9.97 Å². The number of nitrogens with zero attached hydrogens (tertiary/aromatic N) is 3. The molecule has 0 aliphatic rings. The molecule has 22 heteroatoms. The number of rotatable bonds is 26. The van der Waals surface area contributed by atoms with Crippen LogP contribution in [0.3, 0.4) is 0 Å². The summed E-state index contributed by atoms with van der Waals surface area (Å²) in [5.41, 5.74) is 18.6. The molecule has 1 aromatic heterocycles. The van der Waals surface area contributed by atoms with Gasteiger partial charge in [0.2, 0.25) is 5.91 Å². The van der Waals surface area contributed by atoms with Crippen LogP contribution >= 0.6 is 11.6 Å². The highest BCUT2D eigenvalue weighted by atomic mass is 35.5. The van der Waals surface area contributed by atoms with E-state index < -0.39 is 73.8 Å². The molecule has 2 amide bonds. The molecule has 56 heavy (non-hydrogen) atoms. The van der Waals surface area contributed by atoms with Crippen molar-refractivity contribution in [1.29, 1.82) is 5.41 Å². The lowest BCUT2D eigenvalue weighted by molar-refractivity contribution is -0.123. The van der Waals surface area contributed by atoms with Gasteiger partial charge in [-0.2, -0.15) is 0 Å². The molecule has 8 atom stereocenters. The van der Waals surface area contributed by atoms with Crippen molar-refractivity contribution in [2.24, 2.45) is 5.73 Å². The van der Waals surface area contributed by atoms with Gasteiger partial charge < -0.3 is 73.8 Å². The molecule has 0 fully saturated rings. The first-order valence-electron chi connectivity index (χ1n) is 18.0. The van der Waals surface area contributed by atoms with Crippen LogP contribution in [-0.2, 0) is 17.6 Å². The highest BCUT2D eigenvalue weighted by molar-refractivity contribution is 6.31. The van der Waals surface area contributed by atoms with Crippen molar-refractivity contribution in [3.05, 3.63) is 46.2 Å². The third-order valence-electron chi connectivity index (χ3n) is 8.87. The number of carbonyl (C=O) groups is 2. The summed E-state index contributed by atoms with van der Waals surface area (Å²) in [6, 6.07) is 7.18. The highest BCUT2D eigenvalue weighted by Gasteiger charge is 2.33. The number of anilines is 2. The third kappa shape index (κ3) is 16.3. The number of nitrogens with two attached hydrogens (primary N) is 3. The number of halogens is 1. The lowest BCUT2D eigenvalue weighted by Crippen LogP contribution is -2.52. The summed E-state index contributed by atoms with van der Waals surface area (Å²) in [4.78, 5) is 33.5. The fourth-order valence-electron chi connectivity index (χ4n) is 5.53. The molecule has 2 aromatic rings. The largest absolute Gasteiger partial charge is 0.394 e. The molecule has 0 radical (unpaired) electrons. The second kappa shape index (κ2) is 24.7. The zero-order valence-corrected chi connectivity index (χ0v) is 31.7. The lowest BCUT2D eigenvalue weighted by Gasteiger charge is -2.33. The molecule has 0 bridgehead atoms. The Bertz CT molecular complexity index is 1520. The zero-order chi connectivity index (χ0) is 41.9. The predicted octanol–water partition coefficient (Wildman–Crippen LogP) is -4.85. The molecular weight excluding hydrogens is 760 g/mol. The number of aliphatic hydroxyl groups excluding tert-OH is 9. The fraction of sp³-hybridized carbons (Fsp3) is 0.618. The van der Waals surface area contributed by atoms with E-state index in [2.05, 4.69) is 25.9 Å². The molecule has 316 valence electrons. The molecule has 2 rings (SSSR count). The van der Waals surface area contributed by atoms with E-state index in [1.165, 1.54) is 4.90 Å². The average Bonchev–Trinajstić information content (AvgIpc) is 3.17. The van der Waals surface area contributed by atoms with Crippen LogP contribution in [0.5, 0.6) is 0 Å². The average molecular weight is 817 g/mol. The van der Waals surface area contributed by atoms with Gasteiger partial charge in [0.25, 0.3) is 5.91 Å². The summed E-state index contributed by atoms with van der Waals surface area (Å²) in [5.74, 6) is -1.89. The number of primary amides is 1. The van der Waals surface area contributed by atoms with Gasteiger partial charge in [-0.15, -0.1) is 0 Å². The van der Waals surface area contributed by atoms with Crippen molar-refractivity contribution in [3.8, 4) is 0 Å². The molecule has 19 N–H and O–H groups in total. The topological polar surface area (TPSA) is 383 Å². The second-order valence-corrected chi connectivity index (χ2v) is 13.7. The number of amides is 2. The minimum Gasteiger partial charge on any atom is -0.394 e. The Labute approximate surface area is 329 Å². The van der Waals surface area contributed by atoms with Crippen LogP contribution in [0.25, 0.3) is 0 Å². The highest BCUT2D eigenvalue weighted by Crippen LogP contribution is 2.17. The van der Waals surface area contributed by atoms with Crippen LogP contribution in [-0.4, -0.2) is 173 Å². The van der Waals surface area contributed by atoms with Crippen LogP contribution in [0.1, 0.15) is 47.3 Å². The number of hydrogen-bond acceptors (Lipinski definition) is 18. The number of benzene rings is 1. The maximum atomic E-state index is 12.3. The summed E-state index contributed by atoms with van der Waals surface area (Å²) in [6.45, 7) is -1.56. The Morgan fingerprint density at radius 3 is 1.91 bits per heavy atom. The first kappa shape index (κ1) is 48.3. The van der Waals surface area contributed by atoms with Gasteiger partial charge in [-0.3, -0.25) is 25.2 Å². The second-order valence-electron chi connectivity index (χ2n) is 13.3. The summed E-state index contributed by atoms with van der Waals surface area (Å²) < 4.78 is 0. The molecule has 1 aromatic carbocycles. The van der Waals surface area contributed by atoms with E-state index in [0.29, 0.717) is 32.2 Å². The fourth-order valence-corrected chi connectivity index (χ4v) is 5.66. The van der Waals surface area contributed by atoms with E-state index in [9.17, 15) is 45.3 Å². The van der Waals surface area contributed by atoms with Crippen LogP contribution in [0.4, 0.5) is 11.6 Å². The molecule has 0 saturated heterocycles. The quantitative estimate of drug-likeness (QED) is 0.0240. The minimum absolute atomic E-state index is 0.112.